The fraction of sp³-hybridized carbons (Fsp3) is 0.222. The third-order valence-electron chi connectivity index (χ3n) is 3.75. The molecule has 118 valence electrons. The lowest BCUT2D eigenvalue weighted by Crippen LogP contribution is -2.25. The van der Waals surface area contributed by atoms with Crippen molar-refractivity contribution in [3.8, 4) is 5.75 Å². The van der Waals surface area contributed by atoms with Crippen LogP contribution in [0.1, 0.15) is 12.5 Å². The van der Waals surface area contributed by atoms with Gasteiger partial charge in [-0.05, 0) is 42.3 Å². The average molecular weight is 310 g/mol. The number of carbonyl (C=O) groups is 2. The molecule has 1 aliphatic rings. The summed E-state index contributed by atoms with van der Waals surface area (Å²) in [5, 5.41) is 2.82. The molecule has 0 fully saturated rings. The predicted molar refractivity (Wildman–Crippen MR) is 88.7 cm³/mol. The summed E-state index contributed by atoms with van der Waals surface area (Å²) in [4.78, 5) is 25.2. The van der Waals surface area contributed by atoms with E-state index in [1.807, 2.05) is 30.3 Å². The first kappa shape index (κ1) is 15.1. The van der Waals surface area contributed by atoms with Gasteiger partial charge in [0, 0.05) is 24.8 Å². The van der Waals surface area contributed by atoms with Crippen LogP contribution in [0.25, 0.3) is 0 Å². The minimum absolute atomic E-state index is 0.0387. The molecule has 0 aromatic heterocycles. The summed E-state index contributed by atoms with van der Waals surface area (Å²) in [6, 6.07) is 14.8. The molecular weight excluding hydrogens is 292 g/mol. The van der Waals surface area contributed by atoms with Gasteiger partial charge in [-0.15, -0.1) is 0 Å². The molecule has 5 heteroatoms. The number of hydrogen-bond acceptors (Lipinski definition) is 3. The molecule has 5 nitrogen and oxygen atoms in total. The molecular formula is C18H18N2O3. The third-order valence-corrected chi connectivity index (χ3v) is 3.75. The number of amides is 2. The number of benzene rings is 2. The molecule has 0 aliphatic carbocycles. The SMILES string of the molecule is CC(=O)N1CCc2cc(NC(=O)COc3ccccc3)ccc21. The van der Waals surface area contributed by atoms with Crippen molar-refractivity contribution in [1.82, 2.24) is 0 Å². The van der Waals surface area contributed by atoms with E-state index >= 15 is 0 Å². The molecule has 0 saturated carbocycles. The van der Waals surface area contributed by atoms with E-state index in [0.29, 0.717) is 12.3 Å². The Balaban J connectivity index is 1.60. The van der Waals surface area contributed by atoms with Gasteiger partial charge in [-0.25, -0.2) is 0 Å². The zero-order valence-corrected chi connectivity index (χ0v) is 12.9. The van der Waals surface area contributed by atoms with Gasteiger partial charge in [0.2, 0.25) is 5.91 Å². The Morgan fingerprint density at radius 1 is 1.17 bits per heavy atom. The summed E-state index contributed by atoms with van der Waals surface area (Å²) < 4.78 is 5.42. The van der Waals surface area contributed by atoms with Crippen LogP contribution in [-0.2, 0) is 16.0 Å². The molecule has 2 amide bonds. The van der Waals surface area contributed by atoms with E-state index in [9.17, 15) is 9.59 Å². The lowest BCUT2D eigenvalue weighted by molar-refractivity contribution is -0.118. The van der Waals surface area contributed by atoms with Crippen LogP contribution < -0.4 is 15.0 Å². The smallest absolute Gasteiger partial charge is 0.262 e. The molecule has 23 heavy (non-hydrogen) atoms. The highest BCUT2D eigenvalue weighted by Crippen LogP contribution is 2.30. The molecule has 0 atom stereocenters. The van der Waals surface area contributed by atoms with E-state index in [4.69, 9.17) is 4.74 Å². The third kappa shape index (κ3) is 3.51. The highest BCUT2D eigenvalue weighted by atomic mass is 16.5. The number of hydrogen-bond donors (Lipinski definition) is 1. The highest BCUT2D eigenvalue weighted by molar-refractivity contribution is 5.95. The second-order valence-electron chi connectivity index (χ2n) is 5.41. The summed E-state index contributed by atoms with van der Waals surface area (Å²) in [7, 11) is 0. The van der Waals surface area contributed by atoms with Gasteiger partial charge in [-0.1, -0.05) is 18.2 Å². The van der Waals surface area contributed by atoms with E-state index in [0.717, 1.165) is 23.4 Å². The van der Waals surface area contributed by atoms with Gasteiger partial charge in [-0.3, -0.25) is 9.59 Å². The predicted octanol–water partition coefficient (Wildman–Crippen LogP) is 2.61. The molecule has 0 bridgehead atoms. The van der Waals surface area contributed by atoms with Crippen molar-refractivity contribution in [2.45, 2.75) is 13.3 Å². The van der Waals surface area contributed by atoms with Gasteiger partial charge in [-0.2, -0.15) is 0 Å². The molecule has 3 rings (SSSR count). The van der Waals surface area contributed by atoms with E-state index in [2.05, 4.69) is 5.32 Å². The minimum atomic E-state index is -0.213. The summed E-state index contributed by atoms with van der Waals surface area (Å²) in [5.41, 5.74) is 2.72. The van der Waals surface area contributed by atoms with Crippen LogP contribution in [0.5, 0.6) is 5.75 Å². The number of anilines is 2. The normalized spacial score (nSPS) is 12.7. The van der Waals surface area contributed by atoms with Gasteiger partial charge in [0.25, 0.3) is 5.91 Å². The van der Waals surface area contributed by atoms with E-state index in [-0.39, 0.29) is 18.4 Å². The van der Waals surface area contributed by atoms with Crippen LogP contribution in [0.15, 0.2) is 48.5 Å². The van der Waals surface area contributed by atoms with Crippen molar-refractivity contribution in [3.05, 3.63) is 54.1 Å². The molecule has 1 N–H and O–H groups in total. The van der Waals surface area contributed by atoms with Crippen molar-refractivity contribution in [2.24, 2.45) is 0 Å². The van der Waals surface area contributed by atoms with Crippen LogP contribution in [0.4, 0.5) is 11.4 Å². The minimum Gasteiger partial charge on any atom is -0.484 e. The van der Waals surface area contributed by atoms with Crippen LogP contribution >= 0.6 is 0 Å². The largest absolute Gasteiger partial charge is 0.484 e. The second kappa shape index (κ2) is 6.52. The zero-order chi connectivity index (χ0) is 16.2. The Hall–Kier alpha value is -2.82. The monoisotopic (exact) mass is 310 g/mol. The Morgan fingerprint density at radius 3 is 2.70 bits per heavy atom. The first-order valence-electron chi connectivity index (χ1n) is 7.52. The lowest BCUT2D eigenvalue weighted by Gasteiger charge is -2.15. The number of nitrogens with one attached hydrogen (secondary N) is 1. The number of para-hydroxylation sites is 1. The van der Waals surface area contributed by atoms with Crippen molar-refractivity contribution in [1.29, 1.82) is 0 Å². The van der Waals surface area contributed by atoms with Gasteiger partial charge in [0.05, 0.1) is 0 Å². The molecule has 0 spiro atoms. The fourth-order valence-electron chi connectivity index (χ4n) is 2.67. The molecule has 0 radical (unpaired) electrons. The summed E-state index contributed by atoms with van der Waals surface area (Å²) >= 11 is 0. The lowest BCUT2D eigenvalue weighted by atomic mass is 10.1. The maximum atomic E-state index is 12.0. The Bertz CT molecular complexity index is 728. The highest BCUT2D eigenvalue weighted by Gasteiger charge is 2.22. The summed E-state index contributed by atoms with van der Waals surface area (Å²) in [6.07, 6.45) is 0.805. The first-order chi connectivity index (χ1) is 11.1. The van der Waals surface area contributed by atoms with Gasteiger partial charge < -0.3 is 15.0 Å². The Morgan fingerprint density at radius 2 is 1.96 bits per heavy atom. The van der Waals surface area contributed by atoms with E-state index in [1.165, 1.54) is 0 Å². The van der Waals surface area contributed by atoms with Crippen molar-refractivity contribution in [2.75, 3.05) is 23.4 Å². The molecule has 1 heterocycles. The van der Waals surface area contributed by atoms with Crippen LogP contribution in [0.3, 0.4) is 0 Å². The van der Waals surface area contributed by atoms with Crippen molar-refractivity contribution < 1.29 is 14.3 Å². The topological polar surface area (TPSA) is 58.6 Å². The van der Waals surface area contributed by atoms with Crippen molar-refractivity contribution >= 4 is 23.2 Å². The fourth-order valence-corrected chi connectivity index (χ4v) is 2.67. The summed E-state index contributed by atoms with van der Waals surface area (Å²) in [6.45, 7) is 2.21. The molecule has 2 aromatic carbocycles. The Kier molecular flexibility index (Phi) is 4.28. The van der Waals surface area contributed by atoms with E-state index in [1.54, 1.807) is 30.0 Å². The molecule has 0 unspecified atom stereocenters. The quantitative estimate of drug-likeness (QED) is 0.944. The molecule has 2 aromatic rings. The summed E-state index contributed by atoms with van der Waals surface area (Å²) in [5.74, 6) is 0.487. The second-order valence-corrected chi connectivity index (χ2v) is 5.41. The molecule has 0 saturated heterocycles. The van der Waals surface area contributed by atoms with Gasteiger partial charge >= 0.3 is 0 Å². The average Bonchev–Trinajstić information content (AvgIpc) is 2.97. The molecule has 1 aliphatic heterocycles. The number of nitrogens with zero attached hydrogens (tertiary/aromatic N) is 1. The number of fused-ring (bicyclic) bond motifs is 1. The van der Waals surface area contributed by atoms with Gasteiger partial charge in [0.15, 0.2) is 6.61 Å². The van der Waals surface area contributed by atoms with Crippen LogP contribution in [0, 0.1) is 0 Å². The van der Waals surface area contributed by atoms with Gasteiger partial charge in [0.1, 0.15) is 5.75 Å². The van der Waals surface area contributed by atoms with Crippen LogP contribution in [0.2, 0.25) is 0 Å². The van der Waals surface area contributed by atoms with E-state index < -0.39 is 0 Å². The zero-order valence-electron chi connectivity index (χ0n) is 12.9. The maximum absolute atomic E-state index is 12.0. The maximum Gasteiger partial charge on any atom is 0.262 e. The standard InChI is InChI=1S/C18H18N2O3/c1-13(21)20-10-9-14-11-15(7-8-17(14)20)19-18(22)12-23-16-5-3-2-4-6-16/h2-8,11H,9-10,12H2,1H3,(H,19,22). The Labute approximate surface area is 134 Å². The van der Waals surface area contributed by atoms with Crippen LogP contribution in [-0.4, -0.2) is 25.0 Å². The number of rotatable bonds is 4. The number of ether oxygens (including phenoxy) is 1. The van der Waals surface area contributed by atoms with Crippen molar-refractivity contribution in [3.63, 3.8) is 0 Å². The first-order valence-corrected chi connectivity index (χ1v) is 7.52. The number of carbonyl (C=O) groups excluding carboxylic acids is 2.